The van der Waals surface area contributed by atoms with E-state index in [1.54, 1.807) is 12.1 Å². The number of benzene rings is 2. The molecule has 3 N–H and O–H groups in total. The molecule has 0 aliphatic carbocycles. The molecule has 0 atom stereocenters. The molecule has 1 aromatic heterocycles. The van der Waals surface area contributed by atoms with Crippen LogP contribution in [0, 0.1) is 0 Å². The first kappa shape index (κ1) is 15.7. The lowest BCUT2D eigenvalue weighted by Crippen LogP contribution is -2.03. The average molecular weight is 328 g/mol. The van der Waals surface area contributed by atoms with Gasteiger partial charge in [0, 0.05) is 18.6 Å². The number of hydrogen-bond donors (Lipinski definition) is 3. The smallest absolute Gasteiger partial charge is 0.201 e. The highest BCUT2D eigenvalue weighted by atomic mass is 16.5. The SMILES string of the molecule is COc1ccc(CCc2cc(=O)c3ccc(O)c(O)c3o2)c(O)c1. The van der Waals surface area contributed by atoms with Crippen LogP contribution in [0.4, 0.5) is 0 Å². The standard InChI is InChI=1S/C18H16O6/c1-23-11-4-2-10(15(20)8-11)3-5-12-9-16(21)13-6-7-14(19)17(22)18(13)24-12/h2,4,6-9,19-20,22H,3,5H2,1H3. The van der Waals surface area contributed by atoms with Crippen molar-refractivity contribution in [3.63, 3.8) is 0 Å². The number of rotatable bonds is 4. The third-order valence-electron chi connectivity index (χ3n) is 3.83. The Bertz CT molecular complexity index is 958. The molecule has 0 amide bonds. The number of phenols is 3. The van der Waals surface area contributed by atoms with Crippen molar-refractivity contribution < 1.29 is 24.5 Å². The second-order valence-electron chi connectivity index (χ2n) is 5.38. The van der Waals surface area contributed by atoms with E-state index in [0.717, 1.165) is 0 Å². The number of aromatic hydroxyl groups is 3. The number of hydrogen-bond acceptors (Lipinski definition) is 6. The summed E-state index contributed by atoms with van der Waals surface area (Å²) >= 11 is 0. The van der Waals surface area contributed by atoms with E-state index in [2.05, 4.69) is 0 Å². The van der Waals surface area contributed by atoms with E-state index in [1.165, 1.54) is 31.4 Å². The fraction of sp³-hybridized carbons (Fsp3) is 0.167. The Hall–Kier alpha value is -3.15. The largest absolute Gasteiger partial charge is 0.508 e. The molecule has 3 rings (SSSR count). The van der Waals surface area contributed by atoms with Gasteiger partial charge >= 0.3 is 0 Å². The minimum absolute atomic E-state index is 0.0450. The first-order chi connectivity index (χ1) is 11.5. The van der Waals surface area contributed by atoms with Crippen molar-refractivity contribution in [1.29, 1.82) is 0 Å². The molecule has 0 radical (unpaired) electrons. The van der Waals surface area contributed by atoms with Gasteiger partial charge in [-0.3, -0.25) is 4.79 Å². The number of methoxy groups -OCH3 is 1. The summed E-state index contributed by atoms with van der Waals surface area (Å²) in [5.74, 6) is 0.185. The molecule has 2 aromatic carbocycles. The summed E-state index contributed by atoms with van der Waals surface area (Å²) in [5.41, 5.74) is 0.329. The van der Waals surface area contributed by atoms with E-state index in [0.29, 0.717) is 29.9 Å². The van der Waals surface area contributed by atoms with Crippen LogP contribution in [0.25, 0.3) is 11.0 Å². The second kappa shape index (κ2) is 6.16. The van der Waals surface area contributed by atoms with Gasteiger partial charge in [0.1, 0.15) is 17.3 Å². The van der Waals surface area contributed by atoms with Crippen LogP contribution in [0.2, 0.25) is 0 Å². The Morgan fingerprint density at radius 1 is 1.00 bits per heavy atom. The molecule has 0 aliphatic heterocycles. The van der Waals surface area contributed by atoms with Gasteiger partial charge in [0.15, 0.2) is 16.8 Å². The molecule has 1 heterocycles. The first-order valence-corrected chi connectivity index (χ1v) is 7.33. The fourth-order valence-corrected chi connectivity index (χ4v) is 2.51. The van der Waals surface area contributed by atoms with Gasteiger partial charge in [0.25, 0.3) is 0 Å². The minimum Gasteiger partial charge on any atom is -0.508 e. The van der Waals surface area contributed by atoms with Gasteiger partial charge in [-0.15, -0.1) is 0 Å². The van der Waals surface area contributed by atoms with E-state index in [-0.39, 0.29) is 27.9 Å². The second-order valence-corrected chi connectivity index (χ2v) is 5.38. The fourth-order valence-electron chi connectivity index (χ4n) is 2.51. The Morgan fingerprint density at radius 2 is 1.79 bits per heavy atom. The molecule has 0 aliphatic rings. The molecule has 0 fully saturated rings. The maximum absolute atomic E-state index is 12.1. The van der Waals surface area contributed by atoms with E-state index < -0.39 is 5.75 Å². The summed E-state index contributed by atoms with van der Waals surface area (Å²) in [6.45, 7) is 0. The van der Waals surface area contributed by atoms with Crippen molar-refractivity contribution in [3.8, 4) is 23.0 Å². The third-order valence-corrected chi connectivity index (χ3v) is 3.83. The Kier molecular flexibility index (Phi) is 4.04. The highest BCUT2D eigenvalue weighted by molar-refractivity contribution is 5.84. The molecule has 0 spiro atoms. The van der Waals surface area contributed by atoms with Crippen LogP contribution in [0.5, 0.6) is 23.0 Å². The van der Waals surface area contributed by atoms with Gasteiger partial charge in [-0.1, -0.05) is 6.07 Å². The summed E-state index contributed by atoms with van der Waals surface area (Å²) in [7, 11) is 1.51. The van der Waals surface area contributed by atoms with Crippen LogP contribution >= 0.6 is 0 Å². The Balaban J connectivity index is 1.91. The quantitative estimate of drug-likeness (QED) is 0.637. The van der Waals surface area contributed by atoms with E-state index in [1.807, 2.05) is 0 Å². The molecular formula is C18H16O6. The third kappa shape index (κ3) is 2.86. The number of phenolic OH excluding ortho intramolecular Hbond substituents is 3. The summed E-state index contributed by atoms with van der Waals surface area (Å²) in [4.78, 5) is 12.1. The summed E-state index contributed by atoms with van der Waals surface area (Å²) in [5, 5.41) is 29.6. The van der Waals surface area contributed by atoms with Crippen molar-refractivity contribution in [3.05, 3.63) is 57.9 Å². The lowest BCUT2D eigenvalue weighted by Gasteiger charge is -2.08. The molecule has 0 saturated carbocycles. The maximum Gasteiger partial charge on any atom is 0.201 e. The lowest BCUT2D eigenvalue weighted by molar-refractivity contribution is 0.396. The van der Waals surface area contributed by atoms with Crippen molar-refractivity contribution in [1.82, 2.24) is 0 Å². The average Bonchev–Trinajstić information content (AvgIpc) is 2.57. The van der Waals surface area contributed by atoms with E-state index >= 15 is 0 Å². The monoisotopic (exact) mass is 328 g/mol. The van der Waals surface area contributed by atoms with Crippen molar-refractivity contribution in [2.45, 2.75) is 12.8 Å². The summed E-state index contributed by atoms with van der Waals surface area (Å²) in [6, 6.07) is 8.96. The summed E-state index contributed by atoms with van der Waals surface area (Å²) in [6.07, 6.45) is 0.782. The highest BCUT2D eigenvalue weighted by Crippen LogP contribution is 2.32. The zero-order chi connectivity index (χ0) is 17.3. The van der Waals surface area contributed by atoms with Gasteiger partial charge in [-0.25, -0.2) is 0 Å². The van der Waals surface area contributed by atoms with Gasteiger partial charge in [0.2, 0.25) is 5.75 Å². The van der Waals surface area contributed by atoms with Crippen LogP contribution in [0.1, 0.15) is 11.3 Å². The molecule has 24 heavy (non-hydrogen) atoms. The van der Waals surface area contributed by atoms with Gasteiger partial charge in [0.05, 0.1) is 12.5 Å². The minimum atomic E-state index is -0.459. The zero-order valence-electron chi connectivity index (χ0n) is 12.9. The maximum atomic E-state index is 12.1. The molecule has 6 heteroatoms. The predicted molar refractivity (Wildman–Crippen MR) is 87.9 cm³/mol. The Labute approximate surface area is 137 Å². The van der Waals surface area contributed by atoms with Crippen LogP contribution < -0.4 is 10.2 Å². The molecule has 3 aromatic rings. The van der Waals surface area contributed by atoms with Crippen molar-refractivity contribution in [2.24, 2.45) is 0 Å². The van der Waals surface area contributed by atoms with Crippen LogP contribution in [0.15, 0.2) is 45.6 Å². The predicted octanol–water partition coefficient (Wildman–Crippen LogP) is 2.70. The number of aryl methyl sites for hydroxylation is 2. The topological polar surface area (TPSA) is 100 Å². The van der Waals surface area contributed by atoms with E-state index in [4.69, 9.17) is 9.15 Å². The molecule has 0 unspecified atom stereocenters. The summed E-state index contributed by atoms with van der Waals surface area (Å²) < 4.78 is 10.6. The van der Waals surface area contributed by atoms with E-state index in [9.17, 15) is 20.1 Å². The van der Waals surface area contributed by atoms with Crippen LogP contribution in [-0.4, -0.2) is 22.4 Å². The Morgan fingerprint density at radius 3 is 2.50 bits per heavy atom. The molecule has 6 nitrogen and oxygen atoms in total. The molecule has 124 valence electrons. The van der Waals surface area contributed by atoms with Crippen LogP contribution in [-0.2, 0) is 12.8 Å². The molecule has 0 saturated heterocycles. The normalized spacial score (nSPS) is 10.9. The first-order valence-electron chi connectivity index (χ1n) is 7.33. The van der Waals surface area contributed by atoms with Gasteiger partial charge in [-0.05, 0) is 30.2 Å². The molecule has 0 bridgehead atoms. The van der Waals surface area contributed by atoms with Crippen LogP contribution in [0.3, 0.4) is 0 Å². The number of fused-ring (bicyclic) bond motifs is 1. The lowest BCUT2D eigenvalue weighted by atomic mass is 10.1. The van der Waals surface area contributed by atoms with Crippen molar-refractivity contribution >= 4 is 11.0 Å². The zero-order valence-corrected chi connectivity index (χ0v) is 12.9. The van der Waals surface area contributed by atoms with Crippen molar-refractivity contribution in [2.75, 3.05) is 7.11 Å². The highest BCUT2D eigenvalue weighted by Gasteiger charge is 2.13. The van der Waals surface area contributed by atoms with Gasteiger partial charge in [-0.2, -0.15) is 0 Å². The number of ether oxygens (including phenoxy) is 1. The van der Waals surface area contributed by atoms with Gasteiger partial charge < -0.3 is 24.5 Å². The molecular weight excluding hydrogens is 312 g/mol.